The zero-order chi connectivity index (χ0) is 13.1. The molecule has 0 fully saturated rings. The summed E-state index contributed by atoms with van der Waals surface area (Å²) >= 11 is 3.33. The Bertz CT molecular complexity index is 584. The van der Waals surface area contributed by atoms with E-state index in [0.29, 0.717) is 5.69 Å². The van der Waals surface area contributed by atoms with Crippen molar-refractivity contribution in [2.75, 3.05) is 11.1 Å². The van der Waals surface area contributed by atoms with Crippen molar-refractivity contribution in [2.24, 2.45) is 0 Å². The predicted molar refractivity (Wildman–Crippen MR) is 73.0 cm³/mol. The maximum Gasteiger partial charge on any atom is 0.338 e. The highest BCUT2D eigenvalue weighted by Crippen LogP contribution is 2.23. The van der Waals surface area contributed by atoms with Gasteiger partial charge in [0.1, 0.15) is 5.82 Å². The number of aromatic carboxylic acids is 1. The number of aromatic nitrogens is 1. The number of nitrogens with one attached hydrogen (secondary N) is 1. The Labute approximate surface area is 112 Å². The summed E-state index contributed by atoms with van der Waals surface area (Å²) in [6, 6.07) is 8.68. The van der Waals surface area contributed by atoms with Crippen molar-refractivity contribution in [2.45, 2.75) is 0 Å². The van der Waals surface area contributed by atoms with Crippen molar-refractivity contribution in [3.05, 3.63) is 46.6 Å². The first-order valence-electron chi connectivity index (χ1n) is 5.07. The molecule has 5 nitrogen and oxygen atoms in total. The van der Waals surface area contributed by atoms with Crippen LogP contribution < -0.4 is 11.1 Å². The second kappa shape index (κ2) is 5.05. The highest BCUT2D eigenvalue weighted by atomic mass is 79.9. The third kappa shape index (κ3) is 2.78. The van der Waals surface area contributed by atoms with Crippen LogP contribution in [0.3, 0.4) is 0 Å². The number of benzene rings is 1. The number of nitrogen functional groups attached to an aromatic ring is 1. The Kier molecular flexibility index (Phi) is 3.47. The molecule has 1 aromatic heterocycles. The van der Waals surface area contributed by atoms with Gasteiger partial charge in [0.25, 0.3) is 0 Å². The molecule has 0 unspecified atom stereocenters. The van der Waals surface area contributed by atoms with Crippen LogP contribution in [0.4, 0.5) is 17.2 Å². The van der Waals surface area contributed by atoms with E-state index >= 15 is 0 Å². The minimum atomic E-state index is -1.05. The first-order valence-corrected chi connectivity index (χ1v) is 5.87. The highest BCUT2D eigenvalue weighted by Gasteiger charge is 2.11. The van der Waals surface area contributed by atoms with E-state index in [1.54, 1.807) is 0 Å². The molecule has 0 saturated carbocycles. The summed E-state index contributed by atoms with van der Waals surface area (Å²) in [5, 5.41) is 12.1. The lowest BCUT2D eigenvalue weighted by molar-refractivity contribution is 0.0698. The minimum absolute atomic E-state index is 0.0884. The molecule has 0 amide bonds. The van der Waals surface area contributed by atoms with Gasteiger partial charge in [-0.15, -0.1) is 0 Å². The number of halogens is 1. The van der Waals surface area contributed by atoms with Gasteiger partial charge in [0.05, 0.1) is 17.4 Å². The predicted octanol–water partition coefficient (Wildman–Crippen LogP) is 2.87. The number of carboxylic acids is 1. The van der Waals surface area contributed by atoms with Gasteiger partial charge in [0, 0.05) is 10.2 Å². The molecule has 1 heterocycles. The summed E-state index contributed by atoms with van der Waals surface area (Å²) in [7, 11) is 0. The van der Waals surface area contributed by atoms with E-state index in [1.807, 2.05) is 24.3 Å². The molecule has 0 spiro atoms. The lowest BCUT2D eigenvalue weighted by atomic mass is 10.2. The average molecular weight is 308 g/mol. The second-order valence-electron chi connectivity index (χ2n) is 3.59. The monoisotopic (exact) mass is 307 g/mol. The normalized spacial score (nSPS) is 10.1. The van der Waals surface area contributed by atoms with Gasteiger partial charge in [-0.2, -0.15) is 0 Å². The fourth-order valence-corrected chi connectivity index (χ4v) is 1.70. The number of hydrogen-bond donors (Lipinski definition) is 3. The summed E-state index contributed by atoms with van der Waals surface area (Å²) in [4.78, 5) is 15.0. The lowest BCUT2D eigenvalue weighted by Gasteiger charge is -2.09. The third-order valence-electron chi connectivity index (χ3n) is 2.28. The Morgan fingerprint density at radius 1 is 1.33 bits per heavy atom. The van der Waals surface area contributed by atoms with Crippen LogP contribution in [0, 0.1) is 0 Å². The number of pyridine rings is 1. The largest absolute Gasteiger partial charge is 0.478 e. The van der Waals surface area contributed by atoms with Gasteiger partial charge in [-0.3, -0.25) is 0 Å². The molecule has 0 aliphatic heterocycles. The van der Waals surface area contributed by atoms with Crippen LogP contribution in [0.25, 0.3) is 0 Å². The maximum atomic E-state index is 11.1. The van der Waals surface area contributed by atoms with Crippen LogP contribution >= 0.6 is 15.9 Å². The molecule has 0 radical (unpaired) electrons. The molecular weight excluding hydrogens is 298 g/mol. The smallest absolute Gasteiger partial charge is 0.338 e. The number of carbonyl (C=O) groups is 1. The molecule has 2 aromatic rings. The Balaban J connectivity index is 2.34. The molecular formula is C12H10BrN3O2. The van der Waals surface area contributed by atoms with Crippen molar-refractivity contribution in [1.82, 2.24) is 4.98 Å². The quantitative estimate of drug-likeness (QED) is 0.811. The van der Waals surface area contributed by atoms with Crippen molar-refractivity contribution < 1.29 is 9.90 Å². The van der Waals surface area contributed by atoms with Crippen LogP contribution in [0.2, 0.25) is 0 Å². The van der Waals surface area contributed by atoms with Crippen molar-refractivity contribution in [3.63, 3.8) is 0 Å². The minimum Gasteiger partial charge on any atom is -0.478 e. The topological polar surface area (TPSA) is 88.2 Å². The molecule has 2 rings (SSSR count). The molecule has 18 heavy (non-hydrogen) atoms. The maximum absolute atomic E-state index is 11.1. The number of rotatable bonds is 3. The number of hydrogen-bond acceptors (Lipinski definition) is 4. The van der Waals surface area contributed by atoms with E-state index in [9.17, 15) is 4.79 Å². The van der Waals surface area contributed by atoms with Gasteiger partial charge < -0.3 is 16.2 Å². The highest BCUT2D eigenvalue weighted by molar-refractivity contribution is 9.10. The first-order chi connectivity index (χ1) is 8.56. The van der Waals surface area contributed by atoms with Gasteiger partial charge >= 0.3 is 5.97 Å². The van der Waals surface area contributed by atoms with E-state index in [4.69, 9.17) is 10.8 Å². The average Bonchev–Trinajstić information content (AvgIpc) is 2.34. The molecule has 0 saturated heterocycles. The molecule has 0 aliphatic rings. The Morgan fingerprint density at radius 3 is 2.61 bits per heavy atom. The fraction of sp³-hybridized carbons (Fsp3) is 0. The van der Waals surface area contributed by atoms with Crippen LogP contribution in [-0.4, -0.2) is 16.1 Å². The third-order valence-corrected chi connectivity index (χ3v) is 2.81. The first kappa shape index (κ1) is 12.4. The van der Waals surface area contributed by atoms with Gasteiger partial charge in [-0.05, 0) is 30.3 Å². The van der Waals surface area contributed by atoms with Gasteiger partial charge in [-0.1, -0.05) is 15.9 Å². The van der Waals surface area contributed by atoms with E-state index < -0.39 is 5.97 Å². The van der Waals surface area contributed by atoms with E-state index in [2.05, 4.69) is 26.2 Å². The van der Waals surface area contributed by atoms with Crippen molar-refractivity contribution >= 4 is 39.1 Å². The zero-order valence-electron chi connectivity index (χ0n) is 9.22. The molecule has 0 aliphatic carbocycles. The fourth-order valence-electron chi connectivity index (χ4n) is 1.44. The Morgan fingerprint density at radius 2 is 2.00 bits per heavy atom. The van der Waals surface area contributed by atoms with Gasteiger partial charge in [0.2, 0.25) is 0 Å². The second-order valence-corrected chi connectivity index (χ2v) is 4.51. The van der Waals surface area contributed by atoms with E-state index in [-0.39, 0.29) is 11.4 Å². The summed E-state index contributed by atoms with van der Waals surface area (Å²) in [6.45, 7) is 0. The van der Waals surface area contributed by atoms with Crippen molar-refractivity contribution in [1.29, 1.82) is 0 Å². The summed E-state index contributed by atoms with van der Waals surface area (Å²) in [5.41, 5.74) is 6.73. The van der Waals surface area contributed by atoms with E-state index in [0.717, 1.165) is 10.2 Å². The number of carboxylic acid groups (broad SMARTS) is 1. The molecule has 0 atom stereocenters. The molecule has 4 N–H and O–H groups in total. The van der Waals surface area contributed by atoms with Gasteiger partial charge in [0.15, 0.2) is 0 Å². The van der Waals surface area contributed by atoms with Crippen LogP contribution in [-0.2, 0) is 0 Å². The molecule has 6 heteroatoms. The molecule has 0 bridgehead atoms. The molecule has 1 aromatic carbocycles. The summed E-state index contributed by atoms with van der Waals surface area (Å²) in [6.07, 6.45) is 1.40. The standard InChI is InChI=1S/C12H10BrN3O2/c13-7-1-3-8(4-2-7)16-10-6-15-11(14)5-9(10)12(17)18/h1-6,16H,(H2,14,15)(H,17,18). The number of nitrogens with two attached hydrogens (primary N) is 1. The SMILES string of the molecule is Nc1cc(C(=O)O)c(Nc2ccc(Br)cc2)cn1. The van der Waals surface area contributed by atoms with E-state index in [1.165, 1.54) is 12.3 Å². The summed E-state index contributed by atoms with van der Waals surface area (Å²) < 4.78 is 0.946. The Hall–Kier alpha value is -2.08. The van der Waals surface area contributed by atoms with Crippen LogP contribution in [0.15, 0.2) is 41.0 Å². The number of nitrogens with zero attached hydrogens (tertiary/aromatic N) is 1. The van der Waals surface area contributed by atoms with Gasteiger partial charge in [-0.25, -0.2) is 9.78 Å². The number of anilines is 3. The van der Waals surface area contributed by atoms with Crippen LogP contribution in [0.5, 0.6) is 0 Å². The van der Waals surface area contributed by atoms with Crippen LogP contribution in [0.1, 0.15) is 10.4 Å². The lowest BCUT2D eigenvalue weighted by Crippen LogP contribution is -2.05. The zero-order valence-corrected chi connectivity index (χ0v) is 10.8. The molecule has 92 valence electrons. The van der Waals surface area contributed by atoms with Crippen molar-refractivity contribution in [3.8, 4) is 0 Å². The summed E-state index contributed by atoms with van der Waals surface area (Å²) in [5.74, 6) is -0.877.